The van der Waals surface area contributed by atoms with Crippen LogP contribution in [-0.2, 0) is 14.3 Å². The summed E-state index contributed by atoms with van der Waals surface area (Å²) in [5.41, 5.74) is 0. The first-order valence-corrected chi connectivity index (χ1v) is 3.55. The lowest BCUT2D eigenvalue weighted by Gasteiger charge is -2.07. The Morgan fingerprint density at radius 3 is 2.42 bits per heavy atom. The van der Waals surface area contributed by atoms with Crippen LogP contribution in [-0.4, -0.2) is 35.9 Å². The van der Waals surface area contributed by atoms with Crippen molar-refractivity contribution in [1.82, 2.24) is 0 Å². The number of carboxylic acids is 1. The summed E-state index contributed by atoms with van der Waals surface area (Å²) in [7, 11) is 1.14. The number of esters is 1. The van der Waals surface area contributed by atoms with Gasteiger partial charge in [-0.25, -0.2) is 0 Å². The Morgan fingerprint density at radius 2 is 2.08 bits per heavy atom. The third kappa shape index (κ3) is 3.34. The lowest BCUT2D eigenvalue weighted by Crippen LogP contribution is -2.25. The van der Waals surface area contributed by atoms with Gasteiger partial charge in [0.2, 0.25) is 0 Å². The van der Waals surface area contributed by atoms with Crippen LogP contribution < -0.4 is 0 Å². The van der Waals surface area contributed by atoms with Crippen LogP contribution >= 0.6 is 0 Å². The Balaban J connectivity index is 4.04. The zero-order valence-corrected chi connectivity index (χ0v) is 6.82. The Bertz CT molecular complexity index is 165. The molecule has 0 aliphatic heterocycles. The van der Waals surface area contributed by atoms with E-state index in [1.54, 1.807) is 0 Å². The quantitative estimate of drug-likeness (QED) is 0.441. The molecule has 5 nitrogen and oxygen atoms in total. The molecule has 1 unspecified atom stereocenters. The third-order valence-electron chi connectivity index (χ3n) is 1.43. The van der Waals surface area contributed by atoms with Crippen molar-refractivity contribution in [3.8, 4) is 0 Å². The standard InChI is InChI=1S/C7H12O5/c1-12-7(11)5(6(9)10)3-2-4-8/h5,8H,2-4H2,1H3,(H,9,10). The number of hydrogen-bond donors (Lipinski definition) is 2. The zero-order valence-electron chi connectivity index (χ0n) is 6.82. The van der Waals surface area contributed by atoms with Crippen molar-refractivity contribution in [1.29, 1.82) is 0 Å². The first-order chi connectivity index (χ1) is 5.63. The number of carbonyl (C=O) groups is 2. The van der Waals surface area contributed by atoms with Crippen LogP contribution in [0.3, 0.4) is 0 Å². The van der Waals surface area contributed by atoms with E-state index in [9.17, 15) is 9.59 Å². The molecule has 0 aromatic rings. The highest BCUT2D eigenvalue weighted by Crippen LogP contribution is 2.08. The van der Waals surface area contributed by atoms with E-state index in [4.69, 9.17) is 10.2 Å². The number of aliphatic carboxylic acids is 1. The molecule has 12 heavy (non-hydrogen) atoms. The number of aliphatic hydroxyl groups is 1. The Hall–Kier alpha value is -1.10. The van der Waals surface area contributed by atoms with E-state index in [1.165, 1.54) is 0 Å². The average Bonchev–Trinajstić information content (AvgIpc) is 2.04. The number of ether oxygens (including phenoxy) is 1. The molecule has 2 N–H and O–H groups in total. The van der Waals surface area contributed by atoms with Gasteiger partial charge in [-0.15, -0.1) is 0 Å². The second-order valence-electron chi connectivity index (χ2n) is 2.28. The Morgan fingerprint density at radius 1 is 1.50 bits per heavy atom. The fourth-order valence-electron chi connectivity index (χ4n) is 0.780. The monoisotopic (exact) mass is 176 g/mol. The number of carboxylic acid groups (broad SMARTS) is 1. The molecule has 70 valence electrons. The summed E-state index contributed by atoms with van der Waals surface area (Å²) < 4.78 is 4.27. The summed E-state index contributed by atoms with van der Waals surface area (Å²) in [6.07, 6.45) is 0.393. The van der Waals surface area contributed by atoms with Crippen LogP contribution in [0, 0.1) is 5.92 Å². The minimum absolute atomic E-state index is 0.110. The van der Waals surface area contributed by atoms with Gasteiger partial charge < -0.3 is 14.9 Å². The maximum Gasteiger partial charge on any atom is 0.320 e. The summed E-state index contributed by atoms with van der Waals surface area (Å²) >= 11 is 0. The van der Waals surface area contributed by atoms with E-state index < -0.39 is 17.9 Å². The number of hydrogen-bond acceptors (Lipinski definition) is 4. The van der Waals surface area contributed by atoms with E-state index in [0.717, 1.165) is 7.11 Å². The molecule has 0 radical (unpaired) electrons. The van der Waals surface area contributed by atoms with Gasteiger partial charge in [-0.2, -0.15) is 0 Å². The van der Waals surface area contributed by atoms with Crippen LogP contribution in [0.4, 0.5) is 0 Å². The van der Waals surface area contributed by atoms with E-state index in [-0.39, 0.29) is 19.4 Å². The van der Waals surface area contributed by atoms with E-state index in [0.29, 0.717) is 0 Å². The van der Waals surface area contributed by atoms with Gasteiger partial charge in [0, 0.05) is 6.61 Å². The van der Waals surface area contributed by atoms with Gasteiger partial charge in [-0.05, 0) is 12.8 Å². The van der Waals surface area contributed by atoms with Gasteiger partial charge in [-0.1, -0.05) is 0 Å². The number of aliphatic hydroxyl groups excluding tert-OH is 1. The highest BCUT2D eigenvalue weighted by atomic mass is 16.5. The third-order valence-corrected chi connectivity index (χ3v) is 1.43. The van der Waals surface area contributed by atoms with Gasteiger partial charge in [0.1, 0.15) is 0 Å². The molecule has 1 atom stereocenters. The molecule has 5 heteroatoms. The number of carbonyl (C=O) groups excluding carboxylic acids is 1. The minimum atomic E-state index is -1.21. The van der Waals surface area contributed by atoms with Crippen molar-refractivity contribution in [2.24, 2.45) is 5.92 Å². The zero-order chi connectivity index (χ0) is 9.56. The van der Waals surface area contributed by atoms with Crippen molar-refractivity contribution >= 4 is 11.9 Å². The summed E-state index contributed by atoms with van der Waals surface area (Å²) in [4.78, 5) is 21.2. The highest BCUT2D eigenvalue weighted by Gasteiger charge is 2.26. The van der Waals surface area contributed by atoms with Crippen LogP contribution in [0.15, 0.2) is 0 Å². The second kappa shape index (κ2) is 5.54. The smallest absolute Gasteiger partial charge is 0.320 e. The normalized spacial score (nSPS) is 12.2. The van der Waals surface area contributed by atoms with E-state index in [1.807, 2.05) is 0 Å². The summed E-state index contributed by atoms with van der Waals surface area (Å²) in [6.45, 7) is -0.124. The van der Waals surface area contributed by atoms with Gasteiger partial charge in [-0.3, -0.25) is 9.59 Å². The molecule has 0 saturated carbocycles. The summed E-state index contributed by atoms with van der Waals surface area (Å²) in [6, 6.07) is 0. The van der Waals surface area contributed by atoms with E-state index in [2.05, 4.69) is 4.74 Å². The van der Waals surface area contributed by atoms with E-state index >= 15 is 0 Å². The van der Waals surface area contributed by atoms with Gasteiger partial charge >= 0.3 is 11.9 Å². The van der Waals surface area contributed by atoms with Crippen LogP contribution in [0.25, 0.3) is 0 Å². The first kappa shape index (κ1) is 10.9. The van der Waals surface area contributed by atoms with Crippen molar-refractivity contribution in [2.45, 2.75) is 12.8 Å². The van der Waals surface area contributed by atoms with Crippen molar-refractivity contribution in [3.05, 3.63) is 0 Å². The molecular formula is C7H12O5. The van der Waals surface area contributed by atoms with Crippen LogP contribution in [0.5, 0.6) is 0 Å². The molecule has 0 aliphatic carbocycles. The lowest BCUT2D eigenvalue weighted by molar-refractivity contribution is -0.157. The fraction of sp³-hybridized carbons (Fsp3) is 0.714. The Kier molecular flexibility index (Phi) is 5.03. The van der Waals surface area contributed by atoms with Crippen molar-refractivity contribution < 1.29 is 24.5 Å². The molecule has 0 amide bonds. The first-order valence-electron chi connectivity index (χ1n) is 3.55. The maximum atomic E-state index is 10.8. The molecule has 0 aromatic carbocycles. The molecule has 0 heterocycles. The second-order valence-corrected chi connectivity index (χ2v) is 2.28. The molecule has 0 saturated heterocycles. The van der Waals surface area contributed by atoms with Gasteiger partial charge in [0.05, 0.1) is 7.11 Å². The van der Waals surface area contributed by atoms with Crippen LogP contribution in [0.1, 0.15) is 12.8 Å². The fourth-order valence-corrected chi connectivity index (χ4v) is 0.780. The maximum absolute atomic E-state index is 10.8. The summed E-state index contributed by atoms with van der Waals surface area (Å²) in [5.74, 6) is -3.13. The van der Waals surface area contributed by atoms with Crippen molar-refractivity contribution in [2.75, 3.05) is 13.7 Å². The van der Waals surface area contributed by atoms with Gasteiger partial charge in [0.15, 0.2) is 5.92 Å². The van der Waals surface area contributed by atoms with Gasteiger partial charge in [0.25, 0.3) is 0 Å². The predicted octanol–water partition coefficient (Wildman–Crippen LogP) is -0.367. The molecule has 0 spiro atoms. The molecule has 0 aromatic heterocycles. The molecule has 0 rings (SSSR count). The van der Waals surface area contributed by atoms with Crippen LogP contribution in [0.2, 0.25) is 0 Å². The number of methoxy groups -OCH3 is 1. The number of rotatable bonds is 5. The largest absolute Gasteiger partial charge is 0.481 e. The molecular weight excluding hydrogens is 164 g/mol. The lowest BCUT2D eigenvalue weighted by atomic mass is 10.0. The summed E-state index contributed by atoms with van der Waals surface area (Å²) in [5, 5.41) is 16.9. The minimum Gasteiger partial charge on any atom is -0.481 e. The Labute approximate surface area is 70.0 Å². The molecule has 0 fully saturated rings. The van der Waals surface area contributed by atoms with Crippen molar-refractivity contribution in [3.63, 3.8) is 0 Å². The topological polar surface area (TPSA) is 83.8 Å². The highest BCUT2D eigenvalue weighted by molar-refractivity contribution is 5.93. The molecule has 0 bridgehead atoms. The SMILES string of the molecule is COC(=O)C(CCCO)C(=O)O. The average molecular weight is 176 g/mol. The predicted molar refractivity (Wildman–Crippen MR) is 39.5 cm³/mol. The molecule has 0 aliphatic rings.